The maximum absolute atomic E-state index is 12.5. The molecule has 1 aromatic heterocycles. The Balaban J connectivity index is 2.37. The highest BCUT2D eigenvalue weighted by atomic mass is 19.4. The summed E-state index contributed by atoms with van der Waals surface area (Å²) >= 11 is 0. The number of aliphatic hydroxyl groups is 1. The van der Waals surface area contributed by atoms with Crippen molar-refractivity contribution in [3.05, 3.63) is 23.9 Å². The Morgan fingerprint density at radius 3 is 2.67 bits per heavy atom. The number of aliphatic hydroxyl groups excluding tert-OH is 1. The van der Waals surface area contributed by atoms with Gasteiger partial charge < -0.3 is 10.0 Å². The lowest BCUT2D eigenvalue weighted by molar-refractivity contribution is -0.137. The zero-order valence-electron chi connectivity index (χ0n) is 9.35. The van der Waals surface area contributed by atoms with Crippen molar-refractivity contribution in [2.45, 2.75) is 12.4 Å². The Morgan fingerprint density at radius 2 is 2.17 bits per heavy atom. The molecule has 0 radical (unpaired) electrons. The van der Waals surface area contributed by atoms with E-state index in [9.17, 15) is 23.1 Å². The van der Waals surface area contributed by atoms with E-state index in [1.807, 2.05) is 0 Å². The second-order valence-corrected chi connectivity index (χ2v) is 3.91. The molecular formula is C10H10F3N3O2. The fourth-order valence-electron chi connectivity index (χ4n) is 1.69. The summed E-state index contributed by atoms with van der Waals surface area (Å²) in [7, 11) is 1.44. The van der Waals surface area contributed by atoms with Crippen LogP contribution in [0.25, 0.3) is 0 Å². The van der Waals surface area contributed by atoms with Gasteiger partial charge in [0.25, 0.3) is 0 Å². The quantitative estimate of drug-likeness (QED) is 0.828. The summed E-state index contributed by atoms with van der Waals surface area (Å²) in [5, 5.41) is 9.62. The number of halogens is 3. The zero-order valence-corrected chi connectivity index (χ0v) is 9.35. The molecule has 2 heterocycles. The second kappa shape index (κ2) is 4.13. The van der Waals surface area contributed by atoms with Gasteiger partial charge in [0.2, 0.25) is 0 Å². The minimum atomic E-state index is -4.52. The fraction of sp³-hybridized carbons (Fsp3) is 0.400. The minimum Gasteiger partial charge on any atom is -0.371 e. The van der Waals surface area contributed by atoms with Crippen LogP contribution in [0.3, 0.4) is 0 Å². The zero-order chi connectivity index (χ0) is 13.5. The highest BCUT2D eigenvalue weighted by Gasteiger charge is 2.37. The van der Waals surface area contributed by atoms with Gasteiger partial charge in [-0.15, -0.1) is 0 Å². The first-order valence-electron chi connectivity index (χ1n) is 5.06. The highest BCUT2D eigenvalue weighted by Crippen LogP contribution is 2.31. The number of carbonyl (C=O) groups is 1. The SMILES string of the molecule is CN1CC(O)N(c2cc(C(F)(F)F)ccn2)C1=O. The molecule has 0 spiro atoms. The third-order valence-corrected chi connectivity index (χ3v) is 2.59. The number of hydrogen-bond donors (Lipinski definition) is 1. The number of aromatic nitrogens is 1. The van der Waals surface area contributed by atoms with Crippen LogP contribution in [0.4, 0.5) is 23.8 Å². The molecular weight excluding hydrogens is 251 g/mol. The van der Waals surface area contributed by atoms with Gasteiger partial charge >= 0.3 is 12.2 Å². The Labute approximate surface area is 100 Å². The average molecular weight is 261 g/mol. The molecule has 1 aliphatic rings. The van der Waals surface area contributed by atoms with Gasteiger partial charge in [0.05, 0.1) is 12.1 Å². The summed E-state index contributed by atoms with van der Waals surface area (Å²) in [6, 6.07) is 0.953. The van der Waals surface area contributed by atoms with E-state index in [0.717, 1.165) is 23.2 Å². The van der Waals surface area contributed by atoms with Crippen molar-refractivity contribution in [3.8, 4) is 0 Å². The van der Waals surface area contributed by atoms with Crippen molar-refractivity contribution in [2.24, 2.45) is 0 Å². The molecule has 1 aromatic rings. The van der Waals surface area contributed by atoms with Crippen molar-refractivity contribution < 1.29 is 23.1 Å². The summed E-state index contributed by atoms with van der Waals surface area (Å²) in [5.74, 6) is -0.216. The van der Waals surface area contributed by atoms with Gasteiger partial charge in [-0.25, -0.2) is 14.7 Å². The average Bonchev–Trinajstić information content (AvgIpc) is 2.52. The number of β-amino-alcohol motifs (C(OH)–C–C–N with tert-alkyl or cyclic N) is 1. The molecule has 18 heavy (non-hydrogen) atoms. The molecule has 0 saturated carbocycles. The maximum atomic E-state index is 12.5. The Bertz CT molecular complexity index is 478. The molecule has 1 unspecified atom stereocenters. The molecule has 0 aromatic carbocycles. The summed E-state index contributed by atoms with van der Waals surface area (Å²) < 4.78 is 37.6. The lowest BCUT2D eigenvalue weighted by Crippen LogP contribution is -2.35. The molecule has 0 aliphatic carbocycles. The number of alkyl halides is 3. The first-order chi connectivity index (χ1) is 8.30. The van der Waals surface area contributed by atoms with E-state index < -0.39 is 24.0 Å². The van der Waals surface area contributed by atoms with Gasteiger partial charge in [-0.1, -0.05) is 0 Å². The van der Waals surface area contributed by atoms with Crippen LogP contribution in [-0.2, 0) is 6.18 Å². The van der Waals surface area contributed by atoms with E-state index in [2.05, 4.69) is 4.98 Å². The van der Waals surface area contributed by atoms with Crippen molar-refractivity contribution in [3.63, 3.8) is 0 Å². The van der Waals surface area contributed by atoms with Crippen LogP contribution in [0, 0.1) is 0 Å². The van der Waals surface area contributed by atoms with E-state index in [0.29, 0.717) is 0 Å². The number of nitrogens with zero attached hydrogens (tertiary/aromatic N) is 3. The van der Waals surface area contributed by atoms with E-state index in [4.69, 9.17) is 0 Å². The van der Waals surface area contributed by atoms with Crippen LogP contribution >= 0.6 is 0 Å². The molecule has 8 heteroatoms. The Kier molecular flexibility index (Phi) is 2.89. The molecule has 2 rings (SSSR count). The molecule has 1 fully saturated rings. The third-order valence-electron chi connectivity index (χ3n) is 2.59. The number of carbonyl (C=O) groups excluding carboxylic acids is 1. The molecule has 1 saturated heterocycles. The van der Waals surface area contributed by atoms with E-state index in [1.165, 1.54) is 11.9 Å². The smallest absolute Gasteiger partial charge is 0.371 e. The lowest BCUT2D eigenvalue weighted by Gasteiger charge is -2.19. The van der Waals surface area contributed by atoms with Crippen molar-refractivity contribution in [1.82, 2.24) is 9.88 Å². The van der Waals surface area contributed by atoms with Crippen LogP contribution in [0.15, 0.2) is 18.3 Å². The van der Waals surface area contributed by atoms with Gasteiger partial charge in [-0.2, -0.15) is 13.2 Å². The lowest BCUT2D eigenvalue weighted by atomic mass is 10.2. The van der Waals surface area contributed by atoms with Gasteiger partial charge in [0.1, 0.15) is 5.82 Å². The van der Waals surface area contributed by atoms with Crippen molar-refractivity contribution in [2.75, 3.05) is 18.5 Å². The molecule has 98 valence electrons. The van der Waals surface area contributed by atoms with Gasteiger partial charge in [-0.05, 0) is 12.1 Å². The maximum Gasteiger partial charge on any atom is 0.416 e. The summed E-state index contributed by atoms with van der Waals surface area (Å²) in [6.07, 6.45) is -4.76. The largest absolute Gasteiger partial charge is 0.416 e. The van der Waals surface area contributed by atoms with Gasteiger partial charge in [0.15, 0.2) is 6.23 Å². The Hall–Kier alpha value is -1.83. The topological polar surface area (TPSA) is 56.7 Å². The summed E-state index contributed by atoms with van der Waals surface area (Å²) in [5.41, 5.74) is -0.915. The normalized spacial score (nSPS) is 20.7. The molecule has 0 bridgehead atoms. The van der Waals surface area contributed by atoms with E-state index in [1.54, 1.807) is 0 Å². The first kappa shape index (κ1) is 12.6. The number of likely N-dealkylation sites (N-methyl/N-ethyl adjacent to an activating group) is 1. The van der Waals surface area contributed by atoms with Crippen LogP contribution in [0.5, 0.6) is 0 Å². The number of pyridine rings is 1. The van der Waals surface area contributed by atoms with Crippen molar-refractivity contribution >= 4 is 11.8 Å². The first-order valence-corrected chi connectivity index (χ1v) is 5.06. The number of anilines is 1. The number of amides is 2. The van der Waals surface area contributed by atoms with Crippen LogP contribution in [-0.4, -0.2) is 40.8 Å². The Morgan fingerprint density at radius 1 is 1.50 bits per heavy atom. The predicted octanol–water partition coefficient (Wildman–Crippen LogP) is 1.29. The standard InChI is InChI=1S/C10H10F3N3O2/c1-15-5-8(17)16(9(15)18)7-4-6(2-3-14-7)10(11,12)13/h2-4,8,17H,5H2,1H3. The number of urea groups is 1. The predicted molar refractivity (Wildman–Crippen MR) is 55.8 cm³/mol. The molecule has 1 aliphatic heterocycles. The third kappa shape index (κ3) is 2.10. The van der Waals surface area contributed by atoms with Crippen molar-refractivity contribution in [1.29, 1.82) is 0 Å². The number of rotatable bonds is 1. The minimum absolute atomic E-state index is 0.0246. The summed E-state index contributed by atoms with van der Waals surface area (Å²) in [6.45, 7) is 0.0246. The van der Waals surface area contributed by atoms with Gasteiger partial charge in [0, 0.05) is 13.2 Å². The van der Waals surface area contributed by atoms with E-state index in [-0.39, 0.29) is 12.4 Å². The fourth-order valence-corrected chi connectivity index (χ4v) is 1.69. The highest BCUT2D eigenvalue weighted by molar-refractivity contribution is 5.93. The monoisotopic (exact) mass is 261 g/mol. The second-order valence-electron chi connectivity index (χ2n) is 3.91. The summed E-state index contributed by atoms with van der Waals surface area (Å²) in [4.78, 5) is 17.4. The van der Waals surface area contributed by atoms with Crippen LogP contribution in [0.2, 0.25) is 0 Å². The van der Waals surface area contributed by atoms with Gasteiger partial charge in [-0.3, -0.25) is 0 Å². The number of hydrogen-bond acceptors (Lipinski definition) is 3. The molecule has 5 nitrogen and oxygen atoms in total. The molecule has 1 N–H and O–H groups in total. The van der Waals surface area contributed by atoms with Crippen LogP contribution in [0.1, 0.15) is 5.56 Å². The van der Waals surface area contributed by atoms with E-state index >= 15 is 0 Å². The molecule has 1 atom stereocenters. The van der Waals surface area contributed by atoms with Crippen LogP contribution < -0.4 is 4.90 Å². The molecule has 2 amide bonds.